The molecular weight excluding hydrogens is 349 g/mol. The van der Waals surface area contributed by atoms with Gasteiger partial charge in [0.15, 0.2) is 0 Å². The second-order valence-electron chi connectivity index (χ2n) is 7.09. The number of pyridine rings is 1. The van der Waals surface area contributed by atoms with E-state index < -0.39 is 18.0 Å². The van der Waals surface area contributed by atoms with Crippen LogP contribution in [0.1, 0.15) is 17.7 Å². The molecule has 0 saturated carbocycles. The second kappa shape index (κ2) is 7.79. The molecule has 1 N–H and O–H groups in total. The van der Waals surface area contributed by atoms with E-state index in [-0.39, 0.29) is 24.1 Å². The number of carbonyl (C=O) groups excluding carboxylic acids is 1. The molecule has 9 heteroatoms. The molecule has 2 atom stereocenters. The predicted molar refractivity (Wildman–Crippen MR) is 91.7 cm³/mol. The van der Waals surface area contributed by atoms with Gasteiger partial charge in [0.05, 0.1) is 6.10 Å². The standard InChI is InChI=1S/C17H25F3N4O2/c1-22(2)15(26)7-12-9-24(10-13(12)25)8-11-5-6-14(17(18,19)20)21-16(11)23(3)4/h5-6,12-13,25H,7-10H2,1-4H3/t12-,13-/m1/s1. The van der Waals surface area contributed by atoms with Gasteiger partial charge in [-0.05, 0) is 6.07 Å². The van der Waals surface area contributed by atoms with Gasteiger partial charge in [-0.1, -0.05) is 6.07 Å². The molecule has 6 nitrogen and oxygen atoms in total. The van der Waals surface area contributed by atoms with Crippen molar-refractivity contribution in [1.29, 1.82) is 0 Å². The van der Waals surface area contributed by atoms with Gasteiger partial charge in [0.2, 0.25) is 5.91 Å². The lowest BCUT2D eigenvalue weighted by atomic mass is 10.0. The third-order valence-electron chi connectivity index (χ3n) is 4.48. The SMILES string of the molecule is CN(C)C(=O)C[C@@H]1CN(Cc2ccc(C(F)(F)F)nc2N(C)C)C[C@H]1O. The number of likely N-dealkylation sites (tertiary alicyclic amines) is 1. The van der Waals surface area contributed by atoms with Crippen molar-refractivity contribution in [2.45, 2.75) is 25.2 Å². The minimum absolute atomic E-state index is 0.0546. The maximum absolute atomic E-state index is 12.9. The molecule has 1 aliphatic rings. The number of rotatable bonds is 5. The summed E-state index contributed by atoms with van der Waals surface area (Å²) >= 11 is 0. The smallest absolute Gasteiger partial charge is 0.391 e. The van der Waals surface area contributed by atoms with Crippen LogP contribution in [0.4, 0.5) is 19.0 Å². The molecule has 1 amide bonds. The topological polar surface area (TPSA) is 59.9 Å². The predicted octanol–water partition coefficient (Wildman–Crippen LogP) is 1.44. The molecule has 1 saturated heterocycles. The van der Waals surface area contributed by atoms with Crippen LogP contribution in [0.3, 0.4) is 0 Å². The Balaban J connectivity index is 2.12. The maximum Gasteiger partial charge on any atom is 0.433 e. The van der Waals surface area contributed by atoms with Gasteiger partial charge in [0.25, 0.3) is 0 Å². The van der Waals surface area contributed by atoms with Crippen LogP contribution in [-0.4, -0.2) is 73.2 Å². The number of β-amino-alcohol motifs (C(OH)–C–C–N with tert-alkyl or cyclic N) is 1. The van der Waals surface area contributed by atoms with E-state index in [1.54, 1.807) is 33.1 Å². The normalized spacial score (nSPS) is 21.1. The van der Waals surface area contributed by atoms with Crippen molar-refractivity contribution in [3.63, 3.8) is 0 Å². The number of nitrogens with zero attached hydrogens (tertiary/aromatic N) is 4. The van der Waals surface area contributed by atoms with Gasteiger partial charge in [-0.15, -0.1) is 0 Å². The van der Waals surface area contributed by atoms with E-state index in [1.807, 2.05) is 4.90 Å². The molecule has 0 bridgehead atoms. The zero-order valence-corrected chi connectivity index (χ0v) is 15.4. The number of carbonyl (C=O) groups is 1. The first-order chi connectivity index (χ1) is 12.0. The number of alkyl halides is 3. The first kappa shape index (κ1) is 20.4. The summed E-state index contributed by atoms with van der Waals surface area (Å²) in [6.07, 6.45) is -4.88. The Kier molecular flexibility index (Phi) is 6.13. The van der Waals surface area contributed by atoms with E-state index in [0.717, 1.165) is 6.07 Å². The average Bonchev–Trinajstić information content (AvgIpc) is 2.85. The van der Waals surface area contributed by atoms with Gasteiger partial charge < -0.3 is 14.9 Å². The van der Waals surface area contributed by atoms with E-state index >= 15 is 0 Å². The van der Waals surface area contributed by atoms with E-state index in [2.05, 4.69) is 4.98 Å². The van der Waals surface area contributed by atoms with Crippen molar-refractivity contribution in [1.82, 2.24) is 14.8 Å². The highest BCUT2D eigenvalue weighted by Crippen LogP contribution is 2.31. The number of anilines is 1. The quantitative estimate of drug-likeness (QED) is 0.845. The Morgan fingerprint density at radius 3 is 2.46 bits per heavy atom. The highest BCUT2D eigenvalue weighted by Gasteiger charge is 2.35. The lowest BCUT2D eigenvalue weighted by molar-refractivity contribution is -0.141. The lowest BCUT2D eigenvalue weighted by Crippen LogP contribution is -2.28. The number of halogens is 3. The highest BCUT2D eigenvalue weighted by molar-refractivity contribution is 5.75. The molecule has 0 radical (unpaired) electrons. The maximum atomic E-state index is 12.9. The fraction of sp³-hybridized carbons (Fsp3) is 0.647. The summed E-state index contributed by atoms with van der Waals surface area (Å²) in [4.78, 5) is 20.6. The van der Waals surface area contributed by atoms with Crippen LogP contribution in [0, 0.1) is 5.92 Å². The summed E-state index contributed by atoms with van der Waals surface area (Å²) in [7, 11) is 6.62. The van der Waals surface area contributed by atoms with Crippen molar-refractivity contribution in [2.75, 3.05) is 46.2 Å². The Morgan fingerprint density at radius 1 is 1.27 bits per heavy atom. The third-order valence-corrected chi connectivity index (χ3v) is 4.48. The Morgan fingerprint density at radius 2 is 1.92 bits per heavy atom. The summed E-state index contributed by atoms with van der Waals surface area (Å²) in [5.41, 5.74) is -0.282. The Labute approximate surface area is 151 Å². The van der Waals surface area contributed by atoms with Crippen LogP contribution in [0.25, 0.3) is 0 Å². The summed E-state index contributed by atoms with van der Waals surface area (Å²) in [6.45, 7) is 1.25. The van der Waals surface area contributed by atoms with Crippen molar-refractivity contribution >= 4 is 11.7 Å². The molecule has 146 valence electrons. The molecule has 0 aromatic carbocycles. The van der Waals surface area contributed by atoms with Gasteiger partial charge in [0.1, 0.15) is 11.5 Å². The highest BCUT2D eigenvalue weighted by atomic mass is 19.4. The number of aliphatic hydroxyl groups is 1. The molecule has 2 rings (SSSR count). The second-order valence-corrected chi connectivity index (χ2v) is 7.09. The number of aromatic nitrogens is 1. The Bertz CT molecular complexity index is 649. The number of hydrogen-bond donors (Lipinski definition) is 1. The van der Waals surface area contributed by atoms with Crippen molar-refractivity contribution < 1.29 is 23.1 Å². The lowest BCUT2D eigenvalue weighted by Gasteiger charge is -2.22. The molecule has 0 aliphatic carbocycles. The van der Waals surface area contributed by atoms with Crippen LogP contribution in [0.5, 0.6) is 0 Å². The molecule has 26 heavy (non-hydrogen) atoms. The van der Waals surface area contributed by atoms with Gasteiger partial charge in [-0.2, -0.15) is 13.2 Å². The summed E-state index contributed by atoms with van der Waals surface area (Å²) in [5.74, 6) is 0.0123. The number of hydrogen-bond acceptors (Lipinski definition) is 5. The number of amides is 1. The summed E-state index contributed by atoms with van der Waals surface area (Å²) in [5, 5.41) is 10.2. The van der Waals surface area contributed by atoms with Crippen LogP contribution >= 0.6 is 0 Å². The molecule has 0 spiro atoms. The molecule has 1 aliphatic heterocycles. The van der Waals surface area contributed by atoms with E-state index in [1.165, 1.54) is 11.0 Å². The van der Waals surface area contributed by atoms with Crippen LogP contribution in [0.2, 0.25) is 0 Å². The van der Waals surface area contributed by atoms with Gasteiger partial charge in [-0.3, -0.25) is 9.69 Å². The largest absolute Gasteiger partial charge is 0.433 e. The molecule has 0 unspecified atom stereocenters. The van der Waals surface area contributed by atoms with E-state index in [4.69, 9.17) is 0 Å². The van der Waals surface area contributed by atoms with Gasteiger partial charge in [-0.25, -0.2) is 4.98 Å². The number of aliphatic hydroxyl groups excluding tert-OH is 1. The Hall–Kier alpha value is -1.87. The minimum atomic E-state index is -4.50. The molecule has 1 fully saturated rings. The summed E-state index contributed by atoms with van der Waals surface area (Å²) < 4.78 is 38.7. The van der Waals surface area contributed by atoms with Crippen molar-refractivity contribution in [3.8, 4) is 0 Å². The average molecular weight is 374 g/mol. The van der Waals surface area contributed by atoms with Crippen LogP contribution in [-0.2, 0) is 17.5 Å². The van der Waals surface area contributed by atoms with E-state index in [9.17, 15) is 23.1 Å². The van der Waals surface area contributed by atoms with Crippen molar-refractivity contribution in [3.05, 3.63) is 23.4 Å². The first-order valence-corrected chi connectivity index (χ1v) is 8.34. The van der Waals surface area contributed by atoms with Crippen molar-refractivity contribution in [2.24, 2.45) is 5.92 Å². The zero-order valence-electron chi connectivity index (χ0n) is 15.4. The fourth-order valence-electron chi connectivity index (χ4n) is 3.06. The van der Waals surface area contributed by atoms with Crippen LogP contribution < -0.4 is 4.90 Å². The molecule has 1 aromatic rings. The summed E-state index contributed by atoms with van der Waals surface area (Å²) in [6, 6.07) is 2.40. The first-order valence-electron chi connectivity index (χ1n) is 8.34. The molecular formula is C17H25F3N4O2. The molecule has 2 heterocycles. The zero-order chi connectivity index (χ0) is 19.6. The monoisotopic (exact) mass is 374 g/mol. The third kappa shape index (κ3) is 4.85. The minimum Gasteiger partial charge on any atom is -0.391 e. The van der Waals surface area contributed by atoms with Crippen LogP contribution in [0.15, 0.2) is 12.1 Å². The molecule has 1 aromatic heterocycles. The van der Waals surface area contributed by atoms with Gasteiger partial charge >= 0.3 is 6.18 Å². The van der Waals surface area contributed by atoms with E-state index in [0.29, 0.717) is 25.2 Å². The fourth-order valence-corrected chi connectivity index (χ4v) is 3.06. The van der Waals surface area contributed by atoms with Gasteiger partial charge in [0, 0.05) is 65.7 Å².